The number of nitrogens with one attached hydrogen (secondary N) is 2. The molecule has 0 radical (unpaired) electrons. The van der Waals surface area contributed by atoms with Crippen LogP contribution in [-0.2, 0) is 14.9 Å². The second kappa shape index (κ2) is 7.76. The minimum atomic E-state index is -3.49. The van der Waals surface area contributed by atoms with Crippen molar-refractivity contribution in [1.82, 2.24) is 14.3 Å². The van der Waals surface area contributed by atoms with Crippen molar-refractivity contribution in [2.24, 2.45) is 0 Å². The number of nitrogens with zero attached hydrogens (tertiary/aromatic N) is 1. The third-order valence-electron chi connectivity index (χ3n) is 4.50. The molecule has 0 bridgehead atoms. The predicted molar refractivity (Wildman–Crippen MR) is 86.2 cm³/mol. The van der Waals surface area contributed by atoms with Crippen LogP contribution in [0.4, 0.5) is 0 Å². The Morgan fingerprint density at radius 2 is 2.00 bits per heavy atom. The molecule has 2 N–H and O–H groups in total. The standard InChI is InChI=1S/C15H25N3O4S/c19-23(20,17-13-4-1-2-5-13)16-12-14(15-6-3-9-22-15)18-7-10-21-11-8-18/h3,6,9,13-14,16-17H,1-2,4-5,7-8,10-12H2. The van der Waals surface area contributed by atoms with Crippen molar-refractivity contribution >= 4 is 10.2 Å². The molecule has 1 saturated heterocycles. The maximum atomic E-state index is 12.2. The summed E-state index contributed by atoms with van der Waals surface area (Å²) in [6, 6.07) is 3.67. The van der Waals surface area contributed by atoms with Gasteiger partial charge in [0.1, 0.15) is 5.76 Å². The van der Waals surface area contributed by atoms with Crippen LogP contribution in [0, 0.1) is 0 Å². The average molecular weight is 343 g/mol. The Morgan fingerprint density at radius 1 is 1.26 bits per heavy atom. The molecule has 1 aromatic heterocycles. The summed E-state index contributed by atoms with van der Waals surface area (Å²) in [5.74, 6) is 0.774. The van der Waals surface area contributed by atoms with E-state index in [4.69, 9.17) is 9.15 Å². The minimum absolute atomic E-state index is 0.0675. The van der Waals surface area contributed by atoms with Crippen molar-refractivity contribution in [2.75, 3.05) is 32.8 Å². The highest BCUT2D eigenvalue weighted by molar-refractivity contribution is 7.87. The summed E-state index contributed by atoms with van der Waals surface area (Å²) in [6.45, 7) is 3.14. The Morgan fingerprint density at radius 3 is 2.65 bits per heavy atom. The van der Waals surface area contributed by atoms with Crippen LogP contribution >= 0.6 is 0 Å². The van der Waals surface area contributed by atoms with E-state index >= 15 is 0 Å². The molecule has 1 aliphatic carbocycles. The fourth-order valence-electron chi connectivity index (χ4n) is 3.27. The molecule has 2 aliphatic rings. The van der Waals surface area contributed by atoms with Gasteiger partial charge in [-0.1, -0.05) is 12.8 Å². The lowest BCUT2D eigenvalue weighted by Gasteiger charge is -2.33. The van der Waals surface area contributed by atoms with Gasteiger partial charge in [0.2, 0.25) is 0 Å². The van der Waals surface area contributed by atoms with E-state index in [2.05, 4.69) is 14.3 Å². The largest absolute Gasteiger partial charge is 0.468 e. The molecular weight excluding hydrogens is 318 g/mol. The molecule has 23 heavy (non-hydrogen) atoms. The number of ether oxygens (including phenoxy) is 1. The quantitative estimate of drug-likeness (QED) is 0.772. The van der Waals surface area contributed by atoms with E-state index in [0.29, 0.717) is 13.2 Å². The molecule has 1 aromatic rings. The number of hydrogen-bond acceptors (Lipinski definition) is 5. The summed E-state index contributed by atoms with van der Waals surface area (Å²) in [5.41, 5.74) is 0. The summed E-state index contributed by atoms with van der Waals surface area (Å²) in [5, 5.41) is 0. The SMILES string of the molecule is O=S(=O)(NCC(c1ccco1)N1CCOCC1)NC1CCCC1. The first-order valence-electron chi connectivity index (χ1n) is 8.26. The zero-order valence-electron chi connectivity index (χ0n) is 13.2. The molecule has 0 aromatic carbocycles. The summed E-state index contributed by atoms with van der Waals surface area (Å²) >= 11 is 0. The van der Waals surface area contributed by atoms with Crippen molar-refractivity contribution in [1.29, 1.82) is 0 Å². The molecule has 1 unspecified atom stereocenters. The second-order valence-corrected chi connectivity index (χ2v) is 7.66. The lowest BCUT2D eigenvalue weighted by Crippen LogP contribution is -2.47. The van der Waals surface area contributed by atoms with Gasteiger partial charge in [0.05, 0.1) is 25.5 Å². The Bertz CT molecular complexity index is 564. The van der Waals surface area contributed by atoms with Gasteiger partial charge >= 0.3 is 0 Å². The van der Waals surface area contributed by atoms with Crippen molar-refractivity contribution in [3.8, 4) is 0 Å². The smallest absolute Gasteiger partial charge is 0.277 e. The normalized spacial score (nSPS) is 22.4. The zero-order chi connectivity index (χ0) is 16.1. The Kier molecular flexibility index (Phi) is 5.71. The fraction of sp³-hybridized carbons (Fsp3) is 0.733. The summed E-state index contributed by atoms with van der Waals surface area (Å²) in [6.07, 6.45) is 5.65. The number of hydrogen-bond donors (Lipinski definition) is 2. The summed E-state index contributed by atoms with van der Waals surface area (Å²) in [7, 11) is -3.49. The molecule has 2 heterocycles. The first kappa shape index (κ1) is 16.9. The van der Waals surface area contributed by atoms with E-state index in [9.17, 15) is 8.42 Å². The fourth-order valence-corrected chi connectivity index (χ4v) is 4.41. The highest BCUT2D eigenvalue weighted by Gasteiger charge is 2.27. The Balaban J connectivity index is 1.61. The van der Waals surface area contributed by atoms with Gasteiger partial charge in [-0.15, -0.1) is 0 Å². The van der Waals surface area contributed by atoms with Crippen LogP contribution in [0.1, 0.15) is 37.5 Å². The van der Waals surface area contributed by atoms with Gasteiger partial charge < -0.3 is 9.15 Å². The number of furan rings is 1. The predicted octanol–water partition coefficient (Wildman–Crippen LogP) is 1.02. The van der Waals surface area contributed by atoms with Crippen LogP contribution < -0.4 is 9.44 Å². The molecular formula is C15H25N3O4S. The van der Waals surface area contributed by atoms with Gasteiger partial charge in [0.25, 0.3) is 10.2 Å². The minimum Gasteiger partial charge on any atom is -0.468 e. The molecule has 7 nitrogen and oxygen atoms in total. The van der Waals surface area contributed by atoms with Crippen LogP contribution in [-0.4, -0.2) is 52.2 Å². The highest BCUT2D eigenvalue weighted by Crippen LogP contribution is 2.22. The van der Waals surface area contributed by atoms with Crippen molar-refractivity contribution in [3.63, 3.8) is 0 Å². The van der Waals surface area contributed by atoms with Crippen LogP contribution in [0.5, 0.6) is 0 Å². The molecule has 0 amide bonds. The first-order chi connectivity index (χ1) is 11.1. The van der Waals surface area contributed by atoms with Crippen LogP contribution in [0.25, 0.3) is 0 Å². The maximum Gasteiger partial charge on any atom is 0.277 e. The van der Waals surface area contributed by atoms with Crippen molar-refractivity contribution in [3.05, 3.63) is 24.2 Å². The maximum absolute atomic E-state index is 12.2. The number of rotatable bonds is 7. The molecule has 130 valence electrons. The molecule has 1 atom stereocenters. The van der Waals surface area contributed by atoms with E-state index < -0.39 is 10.2 Å². The lowest BCUT2D eigenvalue weighted by molar-refractivity contribution is 0.0128. The summed E-state index contributed by atoms with van der Waals surface area (Å²) < 4.78 is 40.8. The third-order valence-corrected chi connectivity index (χ3v) is 5.69. The van der Waals surface area contributed by atoms with Crippen LogP contribution in [0.3, 0.4) is 0 Å². The highest BCUT2D eigenvalue weighted by atomic mass is 32.2. The Hall–Kier alpha value is -0.930. The van der Waals surface area contributed by atoms with Gasteiger partial charge in [-0.2, -0.15) is 13.1 Å². The molecule has 2 fully saturated rings. The second-order valence-electron chi connectivity index (χ2n) is 6.13. The molecule has 3 rings (SSSR count). The lowest BCUT2D eigenvalue weighted by atomic mass is 10.2. The van der Waals surface area contributed by atoms with Crippen LogP contribution in [0.2, 0.25) is 0 Å². The molecule has 1 saturated carbocycles. The van der Waals surface area contributed by atoms with Gasteiger partial charge in [-0.25, -0.2) is 4.72 Å². The van der Waals surface area contributed by atoms with E-state index in [1.807, 2.05) is 12.1 Å². The molecule has 0 spiro atoms. The van der Waals surface area contributed by atoms with E-state index in [-0.39, 0.29) is 18.6 Å². The van der Waals surface area contributed by atoms with E-state index in [1.54, 1.807) is 6.26 Å². The van der Waals surface area contributed by atoms with Gasteiger partial charge in [-0.3, -0.25) is 4.90 Å². The zero-order valence-corrected chi connectivity index (χ0v) is 14.1. The monoisotopic (exact) mass is 343 g/mol. The third kappa shape index (κ3) is 4.77. The van der Waals surface area contributed by atoms with Crippen LogP contribution in [0.15, 0.2) is 22.8 Å². The molecule has 8 heteroatoms. The Labute approximate surface area is 137 Å². The summed E-state index contributed by atoms with van der Waals surface area (Å²) in [4.78, 5) is 2.19. The van der Waals surface area contributed by atoms with E-state index in [1.165, 1.54) is 0 Å². The van der Waals surface area contributed by atoms with Gasteiger partial charge in [0.15, 0.2) is 0 Å². The van der Waals surface area contributed by atoms with Gasteiger partial charge in [0, 0.05) is 25.7 Å². The average Bonchev–Trinajstić information content (AvgIpc) is 3.22. The first-order valence-corrected chi connectivity index (χ1v) is 9.74. The van der Waals surface area contributed by atoms with E-state index in [0.717, 1.165) is 44.5 Å². The van der Waals surface area contributed by atoms with Crippen molar-refractivity contribution < 1.29 is 17.6 Å². The number of morpholine rings is 1. The molecule has 1 aliphatic heterocycles. The van der Waals surface area contributed by atoms with Gasteiger partial charge in [-0.05, 0) is 25.0 Å². The topological polar surface area (TPSA) is 83.8 Å². The van der Waals surface area contributed by atoms with Crippen molar-refractivity contribution in [2.45, 2.75) is 37.8 Å².